The highest BCUT2D eigenvalue weighted by atomic mass is 35.5. The molecule has 110 valence electrons. The molecule has 0 saturated carbocycles. The van der Waals surface area contributed by atoms with Gasteiger partial charge in [0.1, 0.15) is 0 Å². The van der Waals surface area contributed by atoms with E-state index in [1.165, 1.54) is 12.1 Å². The molecule has 3 N–H and O–H groups in total. The lowest BCUT2D eigenvalue weighted by atomic mass is 10.0. The number of carbonyl (C=O) groups excluding carboxylic acids is 1. The number of nitrogens with one attached hydrogen (secondary N) is 1. The molecule has 0 saturated heterocycles. The standard InChI is InChI=1S/C16H16Cl2N2O/c1-2-14(10-6-4-3-5-7-10)20-16(21)11-8-12(17)15(19)13(18)9-11/h3-9,14H,2,19H2,1H3,(H,20,21). The number of nitrogen functional groups attached to an aromatic ring is 1. The number of anilines is 1. The Kier molecular flexibility index (Phi) is 5.10. The van der Waals surface area contributed by atoms with Gasteiger partial charge in [-0.25, -0.2) is 0 Å². The van der Waals surface area contributed by atoms with Crippen molar-refractivity contribution in [2.75, 3.05) is 5.73 Å². The predicted octanol–water partition coefficient (Wildman–Crippen LogP) is 4.46. The molecule has 3 nitrogen and oxygen atoms in total. The summed E-state index contributed by atoms with van der Waals surface area (Å²) in [6.45, 7) is 2.01. The van der Waals surface area contributed by atoms with Crippen molar-refractivity contribution in [2.45, 2.75) is 19.4 Å². The van der Waals surface area contributed by atoms with Crippen LogP contribution < -0.4 is 11.1 Å². The Morgan fingerprint density at radius 1 is 1.19 bits per heavy atom. The van der Waals surface area contributed by atoms with Crippen LogP contribution in [0, 0.1) is 0 Å². The first-order chi connectivity index (χ1) is 10.0. The summed E-state index contributed by atoms with van der Waals surface area (Å²) in [5.74, 6) is -0.227. The highest BCUT2D eigenvalue weighted by Crippen LogP contribution is 2.29. The number of hydrogen-bond acceptors (Lipinski definition) is 2. The minimum atomic E-state index is -0.227. The van der Waals surface area contributed by atoms with Crippen LogP contribution in [0.15, 0.2) is 42.5 Å². The second-order valence-corrected chi connectivity index (χ2v) is 5.51. The fourth-order valence-electron chi connectivity index (χ4n) is 2.06. The highest BCUT2D eigenvalue weighted by Gasteiger charge is 2.16. The number of halogens is 2. The summed E-state index contributed by atoms with van der Waals surface area (Å²) in [7, 11) is 0. The van der Waals surface area contributed by atoms with E-state index >= 15 is 0 Å². The van der Waals surface area contributed by atoms with Crippen LogP contribution in [0.5, 0.6) is 0 Å². The van der Waals surface area contributed by atoms with Crippen molar-refractivity contribution in [3.05, 3.63) is 63.6 Å². The van der Waals surface area contributed by atoms with Crippen LogP contribution in [0.3, 0.4) is 0 Å². The van der Waals surface area contributed by atoms with Gasteiger partial charge in [-0.1, -0.05) is 60.5 Å². The van der Waals surface area contributed by atoms with Gasteiger partial charge in [0, 0.05) is 5.56 Å². The van der Waals surface area contributed by atoms with Gasteiger partial charge in [0.25, 0.3) is 5.91 Å². The summed E-state index contributed by atoms with van der Waals surface area (Å²) in [6, 6.07) is 12.8. The molecule has 0 fully saturated rings. The number of amides is 1. The highest BCUT2D eigenvalue weighted by molar-refractivity contribution is 6.39. The fraction of sp³-hybridized carbons (Fsp3) is 0.188. The molecule has 0 spiro atoms. The molecular formula is C16H16Cl2N2O. The van der Waals surface area contributed by atoms with Gasteiger partial charge in [-0.15, -0.1) is 0 Å². The quantitative estimate of drug-likeness (QED) is 0.816. The van der Waals surface area contributed by atoms with Crippen LogP contribution in [0.25, 0.3) is 0 Å². The molecule has 1 unspecified atom stereocenters. The lowest BCUT2D eigenvalue weighted by molar-refractivity contribution is 0.0935. The molecule has 0 aliphatic heterocycles. The number of hydrogen-bond donors (Lipinski definition) is 2. The summed E-state index contributed by atoms with van der Waals surface area (Å²) in [6.07, 6.45) is 0.784. The molecule has 1 atom stereocenters. The largest absolute Gasteiger partial charge is 0.396 e. The van der Waals surface area contributed by atoms with Crippen LogP contribution in [0.4, 0.5) is 5.69 Å². The normalized spacial score (nSPS) is 12.0. The molecule has 2 aromatic carbocycles. The van der Waals surface area contributed by atoms with Crippen LogP contribution in [-0.4, -0.2) is 5.91 Å². The van der Waals surface area contributed by atoms with Gasteiger partial charge in [0.15, 0.2) is 0 Å². The predicted molar refractivity (Wildman–Crippen MR) is 87.8 cm³/mol. The molecule has 0 radical (unpaired) electrons. The fourth-order valence-corrected chi connectivity index (χ4v) is 2.55. The maximum Gasteiger partial charge on any atom is 0.251 e. The Balaban J connectivity index is 2.21. The summed E-state index contributed by atoms with van der Waals surface area (Å²) in [5.41, 5.74) is 7.41. The molecule has 5 heteroatoms. The molecule has 2 aromatic rings. The zero-order chi connectivity index (χ0) is 15.4. The Morgan fingerprint density at radius 3 is 2.29 bits per heavy atom. The van der Waals surface area contributed by atoms with Crippen molar-refractivity contribution in [2.24, 2.45) is 0 Å². The van der Waals surface area contributed by atoms with Gasteiger partial charge in [-0.3, -0.25) is 4.79 Å². The van der Waals surface area contributed by atoms with E-state index in [-0.39, 0.29) is 27.7 Å². The summed E-state index contributed by atoms with van der Waals surface area (Å²) in [4.78, 5) is 12.3. The van der Waals surface area contributed by atoms with E-state index in [1.54, 1.807) is 0 Å². The average Bonchev–Trinajstić information content (AvgIpc) is 2.50. The van der Waals surface area contributed by atoms with Crippen LogP contribution in [-0.2, 0) is 0 Å². The van der Waals surface area contributed by atoms with Crippen LogP contribution >= 0.6 is 23.2 Å². The number of carbonyl (C=O) groups is 1. The number of benzene rings is 2. The lowest BCUT2D eigenvalue weighted by Crippen LogP contribution is -2.28. The van der Waals surface area contributed by atoms with E-state index in [2.05, 4.69) is 5.32 Å². The third kappa shape index (κ3) is 3.69. The first-order valence-electron chi connectivity index (χ1n) is 6.63. The summed E-state index contributed by atoms with van der Waals surface area (Å²) < 4.78 is 0. The second kappa shape index (κ2) is 6.83. The minimum absolute atomic E-state index is 0.0613. The first kappa shape index (κ1) is 15.7. The number of nitrogens with two attached hydrogens (primary N) is 1. The minimum Gasteiger partial charge on any atom is -0.396 e. The van der Waals surface area contributed by atoms with Gasteiger partial charge < -0.3 is 11.1 Å². The van der Waals surface area contributed by atoms with Crippen LogP contribution in [0.2, 0.25) is 10.0 Å². The zero-order valence-corrected chi connectivity index (χ0v) is 13.1. The third-order valence-corrected chi connectivity index (χ3v) is 3.88. The average molecular weight is 323 g/mol. The van der Waals surface area contributed by atoms with Gasteiger partial charge in [0.2, 0.25) is 0 Å². The lowest BCUT2D eigenvalue weighted by Gasteiger charge is -2.18. The molecule has 1 amide bonds. The molecule has 0 aliphatic carbocycles. The SMILES string of the molecule is CCC(NC(=O)c1cc(Cl)c(N)c(Cl)c1)c1ccccc1. The molecule has 0 aliphatic rings. The van der Waals surface area contributed by atoms with Gasteiger partial charge in [0.05, 0.1) is 21.8 Å². The van der Waals surface area contributed by atoms with Crippen molar-refractivity contribution in [1.29, 1.82) is 0 Å². The van der Waals surface area contributed by atoms with E-state index in [0.717, 1.165) is 12.0 Å². The third-order valence-electron chi connectivity index (χ3n) is 3.26. The Hall–Kier alpha value is -1.71. The van der Waals surface area contributed by atoms with E-state index in [0.29, 0.717) is 5.56 Å². The molecule has 0 bridgehead atoms. The van der Waals surface area contributed by atoms with Crippen molar-refractivity contribution in [1.82, 2.24) is 5.32 Å². The molecule has 0 heterocycles. The van der Waals surface area contributed by atoms with Crippen LogP contribution in [0.1, 0.15) is 35.3 Å². The smallest absolute Gasteiger partial charge is 0.251 e. The van der Waals surface area contributed by atoms with E-state index in [1.807, 2.05) is 37.3 Å². The van der Waals surface area contributed by atoms with Gasteiger partial charge >= 0.3 is 0 Å². The topological polar surface area (TPSA) is 55.1 Å². The molecule has 0 aromatic heterocycles. The maximum atomic E-state index is 12.3. The first-order valence-corrected chi connectivity index (χ1v) is 7.38. The molecule has 2 rings (SSSR count). The van der Waals surface area contributed by atoms with Crippen molar-refractivity contribution in [3.63, 3.8) is 0 Å². The second-order valence-electron chi connectivity index (χ2n) is 4.70. The van der Waals surface area contributed by atoms with E-state index in [4.69, 9.17) is 28.9 Å². The molecule has 21 heavy (non-hydrogen) atoms. The summed E-state index contributed by atoms with van der Waals surface area (Å²) >= 11 is 11.9. The zero-order valence-electron chi connectivity index (χ0n) is 11.6. The Morgan fingerprint density at radius 2 is 1.76 bits per heavy atom. The van der Waals surface area contributed by atoms with Gasteiger partial charge in [-0.05, 0) is 24.1 Å². The maximum absolute atomic E-state index is 12.3. The number of rotatable bonds is 4. The van der Waals surface area contributed by atoms with E-state index in [9.17, 15) is 4.79 Å². The molecular weight excluding hydrogens is 307 g/mol. The van der Waals surface area contributed by atoms with Gasteiger partial charge in [-0.2, -0.15) is 0 Å². The Labute approximate surface area is 134 Å². The van der Waals surface area contributed by atoms with Crippen molar-refractivity contribution >= 4 is 34.8 Å². The summed E-state index contributed by atoms with van der Waals surface area (Å²) in [5, 5.41) is 3.53. The monoisotopic (exact) mass is 322 g/mol. The van der Waals surface area contributed by atoms with Crippen molar-refractivity contribution < 1.29 is 4.79 Å². The Bertz CT molecular complexity index is 621. The van der Waals surface area contributed by atoms with Crippen molar-refractivity contribution in [3.8, 4) is 0 Å². The van der Waals surface area contributed by atoms with E-state index < -0.39 is 0 Å².